The fraction of sp³-hybridized carbons (Fsp3) is 0.118. The lowest BCUT2D eigenvalue weighted by Gasteiger charge is -2.18. The summed E-state index contributed by atoms with van der Waals surface area (Å²) in [5.41, 5.74) is 2.42. The summed E-state index contributed by atoms with van der Waals surface area (Å²) in [6.07, 6.45) is 1.47. The molecule has 0 bridgehead atoms. The number of benzene rings is 1. The van der Waals surface area contributed by atoms with Crippen LogP contribution in [-0.4, -0.2) is 16.9 Å². The Balaban J connectivity index is 1.71. The van der Waals surface area contributed by atoms with Crippen molar-refractivity contribution in [1.29, 1.82) is 0 Å². The summed E-state index contributed by atoms with van der Waals surface area (Å²) in [5, 5.41) is 10.2. The van der Waals surface area contributed by atoms with E-state index in [1.54, 1.807) is 24.3 Å². The predicted octanol–water partition coefficient (Wildman–Crippen LogP) is 3.82. The molecule has 6 nitrogen and oxygen atoms in total. The predicted molar refractivity (Wildman–Crippen MR) is 103 cm³/mol. The fourth-order valence-corrected chi connectivity index (χ4v) is 3.01. The van der Waals surface area contributed by atoms with Gasteiger partial charge < -0.3 is 16.0 Å². The molecule has 0 spiro atoms. The number of halogens is 1. The summed E-state index contributed by atoms with van der Waals surface area (Å²) in [6.45, 7) is 7.84. The van der Waals surface area contributed by atoms with Crippen molar-refractivity contribution in [2.75, 3.05) is 10.6 Å². The molecule has 128 valence electrons. The van der Waals surface area contributed by atoms with Crippen LogP contribution in [0.3, 0.4) is 0 Å². The lowest BCUT2D eigenvalue weighted by Crippen LogP contribution is -2.34. The first-order valence-corrected chi connectivity index (χ1v) is 8.64. The van der Waals surface area contributed by atoms with Gasteiger partial charge in [-0.1, -0.05) is 18.2 Å². The van der Waals surface area contributed by atoms with Crippen LogP contribution in [0.5, 0.6) is 0 Å². The van der Waals surface area contributed by atoms with Gasteiger partial charge in [0.05, 0.1) is 11.3 Å². The van der Waals surface area contributed by atoms with Crippen LogP contribution in [0, 0.1) is 13.8 Å². The Morgan fingerprint density at radius 3 is 2.60 bits per heavy atom. The van der Waals surface area contributed by atoms with Crippen molar-refractivity contribution in [3.8, 4) is 0 Å². The Morgan fingerprint density at radius 2 is 2.00 bits per heavy atom. The highest BCUT2D eigenvalue weighted by molar-refractivity contribution is 7.15. The first kappa shape index (κ1) is 17.2. The quantitative estimate of drug-likeness (QED) is 0.764. The lowest BCUT2D eigenvalue weighted by molar-refractivity contribution is -0.112. The van der Waals surface area contributed by atoms with Gasteiger partial charge in [0.2, 0.25) is 5.96 Å². The van der Waals surface area contributed by atoms with Crippen molar-refractivity contribution in [1.82, 2.24) is 10.3 Å². The van der Waals surface area contributed by atoms with Gasteiger partial charge in [-0.15, -0.1) is 11.3 Å². The van der Waals surface area contributed by atoms with Gasteiger partial charge in [-0.2, -0.15) is 0 Å². The maximum Gasteiger partial charge on any atom is 0.259 e. The summed E-state index contributed by atoms with van der Waals surface area (Å²) in [6, 6.07) is 6.86. The molecule has 1 aliphatic rings. The summed E-state index contributed by atoms with van der Waals surface area (Å²) in [5.74, 6) is 0.172. The van der Waals surface area contributed by atoms with Crippen LogP contribution < -0.4 is 16.0 Å². The van der Waals surface area contributed by atoms with E-state index in [0.717, 1.165) is 15.7 Å². The van der Waals surface area contributed by atoms with E-state index in [4.69, 9.17) is 11.6 Å². The lowest BCUT2D eigenvalue weighted by atomic mass is 10.2. The number of thiazole rings is 1. The highest BCUT2D eigenvalue weighted by atomic mass is 35.5. The van der Waals surface area contributed by atoms with Crippen molar-refractivity contribution in [2.45, 2.75) is 13.8 Å². The molecule has 8 heteroatoms. The normalized spacial score (nSPS) is 13.6. The minimum absolute atomic E-state index is 0.302. The van der Waals surface area contributed by atoms with E-state index in [1.807, 2.05) is 13.8 Å². The number of hydrogen-bond acceptors (Lipinski definition) is 6. The maximum atomic E-state index is 12.4. The Hall–Kier alpha value is -2.64. The molecule has 0 unspecified atom stereocenters. The standard InChI is InChI=1S/C17H16ClN5OS/c1-9-11(3)25-17(21-9)23-16-19-8-14(10(2)20-16)15(24)22-13-6-4-12(18)5-7-13/h4-8H,2H2,1,3H3,(H,22,24)(H2,19,20,21,23). The molecule has 0 saturated heterocycles. The largest absolute Gasteiger partial charge is 0.325 e. The zero-order chi connectivity index (χ0) is 18.0. The molecule has 0 fully saturated rings. The van der Waals surface area contributed by atoms with E-state index in [2.05, 4.69) is 32.5 Å². The minimum Gasteiger partial charge on any atom is -0.325 e. The molecule has 0 aliphatic carbocycles. The molecule has 25 heavy (non-hydrogen) atoms. The Morgan fingerprint density at radius 1 is 1.28 bits per heavy atom. The number of nitrogens with one attached hydrogen (secondary N) is 3. The number of anilines is 2. The van der Waals surface area contributed by atoms with Crippen molar-refractivity contribution >= 4 is 45.6 Å². The van der Waals surface area contributed by atoms with E-state index < -0.39 is 0 Å². The molecule has 1 aromatic carbocycles. The number of aliphatic imine (C=N–C) groups is 1. The second kappa shape index (κ2) is 7.08. The Labute approximate surface area is 154 Å². The Kier molecular flexibility index (Phi) is 4.87. The van der Waals surface area contributed by atoms with Crippen molar-refractivity contribution < 1.29 is 4.79 Å². The number of hydrogen-bond donors (Lipinski definition) is 3. The smallest absolute Gasteiger partial charge is 0.259 e. The SMILES string of the molecule is C=C1NC(Nc2nc(C)c(C)s2)=NC=C1C(=O)Nc1ccc(Cl)cc1. The zero-order valence-corrected chi connectivity index (χ0v) is 15.3. The summed E-state index contributed by atoms with van der Waals surface area (Å²) >= 11 is 7.37. The van der Waals surface area contributed by atoms with Crippen molar-refractivity contribution in [3.63, 3.8) is 0 Å². The number of carbonyl (C=O) groups excluding carboxylic acids is 1. The van der Waals surface area contributed by atoms with Crippen molar-refractivity contribution in [2.24, 2.45) is 4.99 Å². The van der Waals surface area contributed by atoms with Crippen LogP contribution in [0.1, 0.15) is 10.6 Å². The average molecular weight is 374 g/mol. The van der Waals surface area contributed by atoms with Gasteiger partial charge in [0, 0.05) is 27.5 Å². The minimum atomic E-state index is -0.302. The van der Waals surface area contributed by atoms with Gasteiger partial charge >= 0.3 is 0 Å². The Bertz CT molecular complexity index is 879. The molecular formula is C17H16ClN5OS. The molecular weight excluding hydrogens is 358 g/mol. The van der Waals surface area contributed by atoms with E-state index in [1.165, 1.54) is 17.5 Å². The van der Waals surface area contributed by atoms with Crippen molar-refractivity contribution in [3.05, 3.63) is 63.9 Å². The highest BCUT2D eigenvalue weighted by Crippen LogP contribution is 2.22. The number of nitrogens with zero attached hydrogens (tertiary/aromatic N) is 2. The van der Waals surface area contributed by atoms with E-state index >= 15 is 0 Å². The molecule has 1 aliphatic heterocycles. The third-order valence-corrected chi connectivity index (χ3v) is 4.76. The molecule has 2 aromatic rings. The number of carbonyl (C=O) groups is 1. The van der Waals surface area contributed by atoms with Gasteiger partial charge in [-0.05, 0) is 38.1 Å². The van der Waals surface area contributed by atoms with Crippen LogP contribution in [-0.2, 0) is 4.79 Å². The zero-order valence-electron chi connectivity index (χ0n) is 13.7. The summed E-state index contributed by atoms with van der Waals surface area (Å²) in [4.78, 5) is 22.1. The number of rotatable bonds is 3. The molecule has 0 atom stereocenters. The molecule has 1 amide bonds. The fourth-order valence-electron chi connectivity index (χ4n) is 2.07. The maximum absolute atomic E-state index is 12.4. The summed E-state index contributed by atoms with van der Waals surface area (Å²) in [7, 11) is 0. The van der Waals surface area contributed by atoms with Gasteiger partial charge in [-0.25, -0.2) is 9.98 Å². The van der Waals surface area contributed by atoms with Crippen LogP contribution in [0.15, 0.2) is 53.3 Å². The van der Waals surface area contributed by atoms with Crippen LogP contribution in [0.25, 0.3) is 0 Å². The molecule has 0 radical (unpaired) electrons. The second-order valence-electron chi connectivity index (χ2n) is 5.37. The molecule has 2 heterocycles. The third-order valence-electron chi connectivity index (χ3n) is 3.52. The number of guanidine groups is 1. The molecule has 1 aromatic heterocycles. The van der Waals surface area contributed by atoms with Gasteiger partial charge in [-0.3, -0.25) is 4.79 Å². The topological polar surface area (TPSA) is 78.4 Å². The average Bonchev–Trinajstić information content (AvgIpc) is 2.87. The van der Waals surface area contributed by atoms with E-state index in [0.29, 0.717) is 27.9 Å². The number of aryl methyl sites for hydroxylation is 2. The second-order valence-corrected chi connectivity index (χ2v) is 7.01. The van der Waals surface area contributed by atoms with Crippen LogP contribution in [0.2, 0.25) is 5.02 Å². The number of aromatic nitrogens is 1. The first-order chi connectivity index (χ1) is 11.9. The van der Waals surface area contributed by atoms with Gasteiger partial charge in [0.15, 0.2) is 5.13 Å². The molecule has 0 saturated carbocycles. The van der Waals surface area contributed by atoms with Gasteiger partial charge in [0.1, 0.15) is 0 Å². The third kappa shape index (κ3) is 4.07. The van der Waals surface area contributed by atoms with Gasteiger partial charge in [0.25, 0.3) is 5.91 Å². The summed E-state index contributed by atoms with van der Waals surface area (Å²) < 4.78 is 0. The number of amides is 1. The van der Waals surface area contributed by atoms with Crippen LogP contribution in [0.4, 0.5) is 10.8 Å². The monoisotopic (exact) mass is 373 g/mol. The highest BCUT2D eigenvalue weighted by Gasteiger charge is 2.19. The van der Waals surface area contributed by atoms with Crippen LogP contribution >= 0.6 is 22.9 Å². The molecule has 3 rings (SSSR count). The van der Waals surface area contributed by atoms with E-state index in [9.17, 15) is 4.79 Å². The van der Waals surface area contributed by atoms with E-state index in [-0.39, 0.29) is 5.91 Å². The first-order valence-electron chi connectivity index (χ1n) is 7.44. The molecule has 3 N–H and O–H groups in total.